The number of benzene rings is 1. The van der Waals surface area contributed by atoms with Gasteiger partial charge in [-0.1, -0.05) is 23.7 Å². The Kier molecular flexibility index (Phi) is 2.72. The van der Waals surface area contributed by atoms with Crippen LogP contribution in [0.25, 0.3) is 28.0 Å². The van der Waals surface area contributed by atoms with Crippen LogP contribution in [0.3, 0.4) is 0 Å². The van der Waals surface area contributed by atoms with E-state index in [1.165, 1.54) is 0 Å². The smallest absolute Gasteiger partial charge is 0.157 e. The predicted octanol–water partition coefficient (Wildman–Crippen LogP) is 4.58. The van der Waals surface area contributed by atoms with E-state index in [1.54, 1.807) is 16.7 Å². The molecule has 0 fully saturated rings. The van der Waals surface area contributed by atoms with E-state index in [1.807, 2.05) is 37.3 Å². The highest BCUT2D eigenvalue weighted by Gasteiger charge is 2.21. The zero-order valence-electron chi connectivity index (χ0n) is 11.7. The van der Waals surface area contributed by atoms with Gasteiger partial charge >= 0.3 is 0 Å². The lowest BCUT2D eigenvalue weighted by atomic mass is 10.0. The van der Waals surface area contributed by atoms with Crippen LogP contribution in [-0.4, -0.2) is 9.38 Å². The van der Waals surface area contributed by atoms with Crippen molar-refractivity contribution in [3.05, 3.63) is 58.9 Å². The summed E-state index contributed by atoms with van der Waals surface area (Å²) in [6, 6.07) is 13.5. The molecule has 4 aromatic rings. The number of hydrogen-bond donors (Lipinski definition) is 0. The maximum absolute atomic E-state index is 9.58. The number of hydrogen-bond acceptors (Lipinski definition) is 3. The van der Waals surface area contributed by atoms with Crippen molar-refractivity contribution in [2.24, 2.45) is 0 Å². The third-order valence-electron chi connectivity index (χ3n) is 3.82. The minimum Gasteiger partial charge on any atom is -0.464 e. The van der Waals surface area contributed by atoms with Gasteiger partial charge in [0.1, 0.15) is 17.0 Å². The molecule has 4 nitrogen and oxygen atoms in total. The average Bonchev–Trinajstić information content (AvgIpc) is 3.15. The van der Waals surface area contributed by atoms with Crippen molar-refractivity contribution in [2.75, 3.05) is 0 Å². The Bertz CT molecular complexity index is 1060. The number of pyridine rings is 1. The highest BCUT2D eigenvalue weighted by molar-refractivity contribution is 6.33. The molecule has 22 heavy (non-hydrogen) atoms. The van der Waals surface area contributed by atoms with Crippen LogP contribution in [0, 0.1) is 18.3 Å². The first-order valence-electron chi connectivity index (χ1n) is 6.75. The van der Waals surface area contributed by atoms with E-state index in [0.29, 0.717) is 22.1 Å². The van der Waals surface area contributed by atoms with Gasteiger partial charge in [-0.25, -0.2) is 4.98 Å². The zero-order valence-corrected chi connectivity index (χ0v) is 12.4. The Balaban J connectivity index is 2.28. The van der Waals surface area contributed by atoms with Crippen LogP contribution in [0.5, 0.6) is 0 Å². The van der Waals surface area contributed by atoms with Gasteiger partial charge in [-0.15, -0.1) is 0 Å². The number of para-hydroxylation sites is 2. The second-order valence-corrected chi connectivity index (χ2v) is 5.37. The van der Waals surface area contributed by atoms with Crippen molar-refractivity contribution in [2.45, 2.75) is 6.92 Å². The van der Waals surface area contributed by atoms with E-state index in [9.17, 15) is 5.26 Å². The minimum absolute atomic E-state index is 0.496. The van der Waals surface area contributed by atoms with Crippen molar-refractivity contribution in [1.29, 1.82) is 5.26 Å². The number of aromatic nitrogens is 2. The lowest BCUT2D eigenvalue weighted by molar-refractivity contribution is 0.581. The normalized spacial score (nSPS) is 11.1. The maximum atomic E-state index is 9.58. The number of imidazole rings is 1. The van der Waals surface area contributed by atoms with Gasteiger partial charge in [-0.05, 0) is 36.8 Å². The van der Waals surface area contributed by atoms with Crippen LogP contribution >= 0.6 is 11.6 Å². The minimum atomic E-state index is 0.496. The van der Waals surface area contributed by atoms with Crippen LogP contribution in [0.2, 0.25) is 5.15 Å². The van der Waals surface area contributed by atoms with Crippen LogP contribution in [-0.2, 0) is 0 Å². The number of furan rings is 1. The second kappa shape index (κ2) is 4.62. The molecule has 0 unspecified atom stereocenters. The fraction of sp³-hybridized carbons (Fsp3) is 0.0588. The van der Waals surface area contributed by atoms with Gasteiger partial charge in [0.05, 0.1) is 28.4 Å². The molecule has 3 aromatic heterocycles. The van der Waals surface area contributed by atoms with E-state index >= 15 is 0 Å². The van der Waals surface area contributed by atoms with E-state index in [2.05, 4.69) is 11.1 Å². The van der Waals surface area contributed by atoms with E-state index < -0.39 is 0 Å². The molecule has 1 aromatic carbocycles. The molecule has 4 rings (SSSR count). The van der Waals surface area contributed by atoms with Crippen molar-refractivity contribution in [3.8, 4) is 17.4 Å². The lowest BCUT2D eigenvalue weighted by Gasteiger charge is -2.11. The molecule has 0 saturated heterocycles. The molecule has 0 amide bonds. The number of rotatable bonds is 1. The molecule has 0 radical (unpaired) electrons. The summed E-state index contributed by atoms with van der Waals surface area (Å²) < 4.78 is 7.30. The highest BCUT2D eigenvalue weighted by atomic mass is 35.5. The van der Waals surface area contributed by atoms with Crippen LogP contribution in [0.4, 0.5) is 0 Å². The molecule has 106 valence electrons. The SMILES string of the molecule is Cc1c(-c2ccco2)c(Cl)n2c(nc3ccccc32)c1C#N. The first-order chi connectivity index (χ1) is 10.7. The Labute approximate surface area is 131 Å². The van der Waals surface area contributed by atoms with Gasteiger partial charge in [0.2, 0.25) is 0 Å². The molecule has 0 bridgehead atoms. The number of nitrogens with zero attached hydrogens (tertiary/aromatic N) is 3. The Hall–Kier alpha value is -2.77. The lowest BCUT2D eigenvalue weighted by Crippen LogP contribution is -1.98. The number of halogens is 1. The fourth-order valence-corrected chi connectivity index (χ4v) is 3.20. The first kappa shape index (κ1) is 12.9. The van der Waals surface area contributed by atoms with Gasteiger partial charge in [-0.3, -0.25) is 4.40 Å². The second-order valence-electron chi connectivity index (χ2n) is 5.01. The standard InChI is InChI=1S/C17H10ClN3O/c1-10-11(9-19)17-20-12-5-2-3-6-13(12)21(17)16(18)15(10)14-7-4-8-22-14/h2-8H,1H3. The Morgan fingerprint density at radius 3 is 2.77 bits per heavy atom. The summed E-state index contributed by atoms with van der Waals surface area (Å²) >= 11 is 6.64. The maximum Gasteiger partial charge on any atom is 0.157 e. The summed E-state index contributed by atoms with van der Waals surface area (Å²) in [7, 11) is 0. The largest absolute Gasteiger partial charge is 0.464 e. The van der Waals surface area contributed by atoms with E-state index in [4.69, 9.17) is 16.0 Å². The molecular weight excluding hydrogens is 298 g/mol. The van der Waals surface area contributed by atoms with Gasteiger partial charge in [0.25, 0.3) is 0 Å². The van der Waals surface area contributed by atoms with E-state index in [-0.39, 0.29) is 0 Å². The summed E-state index contributed by atoms with van der Waals surface area (Å²) in [4.78, 5) is 4.56. The molecule has 0 saturated carbocycles. The van der Waals surface area contributed by atoms with Crippen molar-refractivity contribution >= 4 is 28.3 Å². The quantitative estimate of drug-likeness (QED) is 0.484. The molecule has 3 heterocycles. The first-order valence-corrected chi connectivity index (χ1v) is 7.13. The molecule has 0 N–H and O–H groups in total. The number of fused-ring (bicyclic) bond motifs is 3. The summed E-state index contributed by atoms with van der Waals surface area (Å²) in [5, 5.41) is 10.1. The Morgan fingerprint density at radius 2 is 2.05 bits per heavy atom. The molecule has 0 atom stereocenters. The van der Waals surface area contributed by atoms with Crippen molar-refractivity contribution in [3.63, 3.8) is 0 Å². The zero-order chi connectivity index (χ0) is 15.3. The van der Waals surface area contributed by atoms with Crippen molar-refractivity contribution < 1.29 is 4.42 Å². The molecule has 0 spiro atoms. The predicted molar refractivity (Wildman–Crippen MR) is 84.9 cm³/mol. The van der Waals surface area contributed by atoms with Crippen LogP contribution in [0.1, 0.15) is 11.1 Å². The summed E-state index contributed by atoms with van der Waals surface area (Å²) in [5.74, 6) is 0.638. The number of nitriles is 1. The molecule has 0 aliphatic rings. The monoisotopic (exact) mass is 307 g/mol. The topological polar surface area (TPSA) is 54.2 Å². The van der Waals surface area contributed by atoms with Gasteiger partial charge in [0, 0.05) is 0 Å². The van der Waals surface area contributed by atoms with Crippen LogP contribution < -0.4 is 0 Å². The summed E-state index contributed by atoms with van der Waals surface area (Å²) in [6.45, 7) is 1.86. The van der Waals surface area contributed by atoms with Gasteiger partial charge in [0.15, 0.2) is 5.65 Å². The molecule has 0 aliphatic heterocycles. The fourth-order valence-electron chi connectivity index (χ4n) is 2.79. The van der Waals surface area contributed by atoms with Gasteiger partial charge in [-0.2, -0.15) is 5.26 Å². The van der Waals surface area contributed by atoms with E-state index in [0.717, 1.165) is 22.2 Å². The third kappa shape index (κ3) is 1.60. The summed E-state index contributed by atoms with van der Waals surface area (Å²) in [6.07, 6.45) is 1.59. The van der Waals surface area contributed by atoms with Crippen molar-refractivity contribution in [1.82, 2.24) is 9.38 Å². The molecule has 5 heteroatoms. The highest BCUT2D eigenvalue weighted by Crippen LogP contribution is 2.37. The van der Waals surface area contributed by atoms with Gasteiger partial charge < -0.3 is 4.42 Å². The Morgan fingerprint density at radius 1 is 1.23 bits per heavy atom. The third-order valence-corrected chi connectivity index (χ3v) is 4.17. The molecular formula is C17H10ClN3O. The average molecular weight is 308 g/mol. The van der Waals surface area contributed by atoms with Crippen LogP contribution in [0.15, 0.2) is 47.1 Å². The summed E-state index contributed by atoms with van der Waals surface area (Å²) in [5.41, 5.74) is 4.24. The molecule has 0 aliphatic carbocycles.